The van der Waals surface area contributed by atoms with Crippen molar-refractivity contribution in [2.75, 3.05) is 10.6 Å². The SMILES string of the molecule is Cc1cccc(Nc2ccc(C(=O)Nc3cccc(C(F)(F)F)c3)nc2)c1. The third-order valence-corrected chi connectivity index (χ3v) is 3.75. The largest absolute Gasteiger partial charge is 0.416 e. The summed E-state index contributed by atoms with van der Waals surface area (Å²) in [6.07, 6.45) is -2.98. The predicted molar refractivity (Wildman–Crippen MR) is 98.1 cm³/mol. The van der Waals surface area contributed by atoms with Gasteiger partial charge in [-0.05, 0) is 55.0 Å². The van der Waals surface area contributed by atoms with E-state index in [1.54, 1.807) is 6.07 Å². The van der Waals surface area contributed by atoms with E-state index < -0.39 is 17.6 Å². The number of nitrogens with zero attached hydrogens (tertiary/aromatic N) is 1. The van der Waals surface area contributed by atoms with Crippen LogP contribution >= 0.6 is 0 Å². The molecule has 0 radical (unpaired) electrons. The second kappa shape index (κ2) is 7.49. The van der Waals surface area contributed by atoms with Crippen molar-refractivity contribution in [1.29, 1.82) is 0 Å². The highest BCUT2D eigenvalue weighted by Gasteiger charge is 2.30. The zero-order valence-electron chi connectivity index (χ0n) is 14.3. The Balaban J connectivity index is 1.69. The molecule has 0 aliphatic rings. The highest BCUT2D eigenvalue weighted by atomic mass is 19.4. The molecule has 0 aliphatic heterocycles. The van der Waals surface area contributed by atoms with E-state index in [9.17, 15) is 18.0 Å². The highest BCUT2D eigenvalue weighted by molar-refractivity contribution is 6.03. The zero-order chi connectivity index (χ0) is 19.4. The van der Waals surface area contributed by atoms with Gasteiger partial charge in [0.15, 0.2) is 0 Å². The second-order valence-electron chi connectivity index (χ2n) is 5.96. The van der Waals surface area contributed by atoms with Crippen molar-refractivity contribution in [1.82, 2.24) is 4.98 Å². The fourth-order valence-corrected chi connectivity index (χ4v) is 2.46. The molecule has 1 aromatic heterocycles. The first-order valence-corrected chi connectivity index (χ1v) is 8.09. The maximum absolute atomic E-state index is 12.7. The van der Waals surface area contributed by atoms with Gasteiger partial charge < -0.3 is 10.6 Å². The number of carbonyl (C=O) groups is 1. The van der Waals surface area contributed by atoms with Crippen LogP contribution in [0.4, 0.5) is 30.2 Å². The molecular weight excluding hydrogens is 355 g/mol. The number of hydrogen-bond donors (Lipinski definition) is 2. The number of anilines is 3. The molecule has 1 heterocycles. The number of hydrogen-bond acceptors (Lipinski definition) is 3. The number of pyridine rings is 1. The van der Waals surface area contributed by atoms with Crippen molar-refractivity contribution in [3.63, 3.8) is 0 Å². The van der Waals surface area contributed by atoms with Crippen molar-refractivity contribution in [3.8, 4) is 0 Å². The molecule has 0 fully saturated rings. The molecule has 0 bridgehead atoms. The predicted octanol–water partition coefficient (Wildman–Crippen LogP) is 5.40. The fraction of sp³-hybridized carbons (Fsp3) is 0.100. The molecule has 3 rings (SSSR count). The van der Waals surface area contributed by atoms with E-state index in [1.165, 1.54) is 24.4 Å². The number of alkyl halides is 3. The Morgan fingerprint density at radius 3 is 2.33 bits per heavy atom. The molecule has 0 saturated heterocycles. The first-order chi connectivity index (χ1) is 12.8. The smallest absolute Gasteiger partial charge is 0.354 e. The summed E-state index contributed by atoms with van der Waals surface area (Å²) in [5.74, 6) is -0.587. The Kier molecular flexibility index (Phi) is 5.12. The summed E-state index contributed by atoms with van der Waals surface area (Å²) in [4.78, 5) is 16.3. The Labute approximate surface area is 154 Å². The minimum atomic E-state index is -4.47. The molecule has 3 aromatic rings. The summed E-state index contributed by atoms with van der Waals surface area (Å²) >= 11 is 0. The average molecular weight is 371 g/mol. The van der Waals surface area contributed by atoms with Crippen LogP contribution in [0.1, 0.15) is 21.6 Å². The van der Waals surface area contributed by atoms with Crippen LogP contribution in [-0.2, 0) is 6.18 Å². The van der Waals surface area contributed by atoms with Crippen molar-refractivity contribution < 1.29 is 18.0 Å². The van der Waals surface area contributed by atoms with Crippen LogP contribution in [0.3, 0.4) is 0 Å². The quantitative estimate of drug-likeness (QED) is 0.645. The Bertz CT molecular complexity index is 953. The van der Waals surface area contributed by atoms with Gasteiger partial charge >= 0.3 is 6.18 Å². The van der Waals surface area contributed by atoms with E-state index in [4.69, 9.17) is 0 Å². The molecule has 0 unspecified atom stereocenters. The Morgan fingerprint density at radius 1 is 0.926 bits per heavy atom. The van der Waals surface area contributed by atoms with Gasteiger partial charge in [-0.2, -0.15) is 13.2 Å². The van der Waals surface area contributed by atoms with Gasteiger partial charge in [0.05, 0.1) is 17.4 Å². The number of rotatable bonds is 4. The lowest BCUT2D eigenvalue weighted by atomic mass is 10.2. The van der Waals surface area contributed by atoms with E-state index in [0.29, 0.717) is 5.69 Å². The normalized spacial score (nSPS) is 11.1. The third kappa shape index (κ3) is 4.84. The Morgan fingerprint density at radius 2 is 1.67 bits per heavy atom. The van der Waals surface area contributed by atoms with Crippen molar-refractivity contribution >= 4 is 23.0 Å². The van der Waals surface area contributed by atoms with Gasteiger partial charge in [0.25, 0.3) is 5.91 Å². The summed E-state index contributed by atoms with van der Waals surface area (Å²) in [6, 6.07) is 15.4. The minimum Gasteiger partial charge on any atom is -0.354 e. The van der Waals surface area contributed by atoms with Gasteiger partial charge in [-0.3, -0.25) is 4.79 Å². The van der Waals surface area contributed by atoms with Crippen molar-refractivity contribution in [2.45, 2.75) is 13.1 Å². The molecule has 0 atom stereocenters. The van der Waals surface area contributed by atoms with Crippen molar-refractivity contribution in [3.05, 3.63) is 83.7 Å². The van der Waals surface area contributed by atoms with Crippen LogP contribution in [0.25, 0.3) is 0 Å². The molecule has 7 heteroatoms. The number of halogens is 3. The molecule has 27 heavy (non-hydrogen) atoms. The van der Waals surface area contributed by atoms with E-state index in [0.717, 1.165) is 23.4 Å². The lowest BCUT2D eigenvalue weighted by Crippen LogP contribution is -2.14. The van der Waals surface area contributed by atoms with Crippen LogP contribution < -0.4 is 10.6 Å². The first kappa shape index (κ1) is 18.4. The van der Waals surface area contributed by atoms with Crippen LogP contribution in [0.2, 0.25) is 0 Å². The molecule has 0 saturated carbocycles. The summed E-state index contributed by atoms with van der Waals surface area (Å²) in [5.41, 5.74) is 2.01. The average Bonchev–Trinajstić information content (AvgIpc) is 2.62. The Hall–Kier alpha value is -3.35. The van der Waals surface area contributed by atoms with Crippen LogP contribution in [-0.4, -0.2) is 10.9 Å². The third-order valence-electron chi connectivity index (χ3n) is 3.75. The maximum atomic E-state index is 12.7. The van der Waals surface area contributed by atoms with E-state index >= 15 is 0 Å². The molecule has 4 nitrogen and oxygen atoms in total. The lowest BCUT2D eigenvalue weighted by molar-refractivity contribution is -0.137. The number of aromatic nitrogens is 1. The number of aryl methyl sites for hydroxylation is 1. The molecule has 0 spiro atoms. The van der Waals surface area contributed by atoms with E-state index in [1.807, 2.05) is 31.2 Å². The monoisotopic (exact) mass is 371 g/mol. The minimum absolute atomic E-state index is 0.0542. The van der Waals surface area contributed by atoms with E-state index in [2.05, 4.69) is 15.6 Å². The molecule has 0 aliphatic carbocycles. The van der Waals surface area contributed by atoms with Gasteiger partial charge in [0, 0.05) is 11.4 Å². The van der Waals surface area contributed by atoms with Gasteiger partial charge in [0.2, 0.25) is 0 Å². The van der Waals surface area contributed by atoms with Gasteiger partial charge in [-0.1, -0.05) is 18.2 Å². The second-order valence-corrected chi connectivity index (χ2v) is 5.96. The molecular formula is C20H16F3N3O. The number of benzene rings is 2. The molecule has 1 amide bonds. The van der Waals surface area contributed by atoms with Crippen LogP contribution in [0, 0.1) is 6.92 Å². The number of carbonyl (C=O) groups excluding carboxylic acids is 1. The first-order valence-electron chi connectivity index (χ1n) is 8.09. The number of nitrogens with one attached hydrogen (secondary N) is 2. The van der Waals surface area contributed by atoms with E-state index in [-0.39, 0.29) is 11.4 Å². The topological polar surface area (TPSA) is 54.0 Å². The summed E-state index contributed by atoms with van der Waals surface area (Å²) in [5, 5.41) is 5.59. The summed E-state index contributed by atoms with van der Waals surface area (Å²) in [7, 11) is 0. The van der Waals surface area contributed by atoms with Crippen molar-refractivity contribution in [2.24, 2.45) is 0 Å². The lowest BCUT2D eigenvalue weighted by Gasteiger charge is -2.10. The zero-order valence-corrected chi connectivity index (χ0v) is 14.3. The van der Waals surface area contributed by atoms with Gasteiger partial charge in [0.1, 0.15) is 5.69 Å². The molecule has 2 N–H and O–H groups in total. The summed E-state index contributed by atoms with van der Waals surface area (Å²) < 4.78 is 38.2. The van der Waals surface area contributed by atoms with Gasteiger partial charge in [-0.25, -0.2) is 4.98 Å². The van der Waals surface area contributed by atoms with Crippen LogP contribution in [0.15, 0.2) is 66.9 Å². The standard InChI is InChI=1S/C20H16F3N3O/c1-13-4-2-6-15(10-13)25-17-8-9-18(24-12-17)19(27)26-16-7-3-5-14(11-16)20(21,22)23/h2-12,25H,1H3,(H,26,27). The summed E-state index contributed by atoms with van der Waals surface area (Å²) in [6.45, 7) is 1.98. The maximum Gasteiger partial charge on any atom is 0.416 e. The van der Waals surface area contributed by atoms with Gasteiger partial charge in [-0.15, -0.1) is 0 Å². The molecule has 2 aromatic carbocycles. The molecule has 138 valence electrons. The number of amides is 1. The highest BCUT2D eigenvalue weighted by Crippen LogP contribution is 2.30. The van der Waals surface area contributed by atoms with Crippen LogP contribution in [0.5, 0.6) is 0 Å². The fourth-order valence-electron chi connectivity index (χ4n) is 2.46.